The van der Waals surface area contributed by atoms with Crippen molar-refractivity contribution in [1.82, 2.24) is 19.2 Å². The Bertz CT molecular complexity index is 915. The third-order valence-corrected chi connectivity index (χ3v) is 6.23. The molecule has 1 aromatic carbocycles. The zero-order valence-electron chi connectivity index (χ0n) is 14.3. The van der Waals surface area contributed by atoms with Crippen LogP contribution in [0.1, 0.15) is 17.4 Å². The van der Waals surface area contributed by atoms with Gasteiger partial charge in [-0.2, -0.15) is 4.31 Å². The van der Waals surface area contributed by atoms with Gasteiger partial charge in [0.05, 0.1) is 15.9 Å². The summed E-state index contributed by atoms with van der Waals surface area (Å²) in [5.41, 5.74) is 0.217. The fourth-order valence-corrected chi connectivity index (χ4v) is 4.69. The number of halogens is 1. The minimum absolute atomic E-state index is 0. The van der Waals surface area contributed by atoms with Gasteiger partial charge in [0.2, 0.25) is 10.0 Å². The lowest BCUT2D eigenvalue weighted by Crippen LogP contribution is -2.49. The molecule has 1 fully saturated rings. The minimum Gasteiger partial charge on any atom is -0.337 e. The molecule has 1 N–H and O–H groups in total. The van der Waals surface area contributed by atoms with Gasteiger partial charge >= 0.3 is 0 Å². The Morgan fingerprint density at radius 3 is 2.69 bits per heavy atom. The van der Waals surface area contributed by atoms with Crippen LogP contribution in [0.2, 0.25) is 0 Å². The molecule has 1 unspecified atom stereocenters. The van der Waals surface area contributed by atoms with E-state index >= 15 is 0 Å². The molecular formula is C15H20ClN5O4S. The van der Waals surface area contributed by atoms with Crippen molar-refractivity contribution < 1.29 is 13.3 Å². The number of hydrogen-bond donors (Lipinski definition) is 1. The Labute approximate surface area is 157 Å². The SMILES string of the molecule is Cc1cc(S(=O)(=O)N2CCNCC2c2nccn2C)ccc1[N+](=O)[O-].Cl. The molecular weight excluding hydrogens is 382 g/mol. The second-order valence-electron chi connectivity index (χ2n) is 5.94. The summed E-state index contributed by atoms with van der Waals surface area (Å²) < 4.78 is 29.5. The fraction of sp³-hybridized carbons (Fsp3) is 0.400. The number of hydrogen-bond acceptors (Lipinski definition) is 6. The number of nitro benzene ring substituents is 1. The molecule has 2 aromatic rings. The molecule has 1 saturated heterocycles. The number of sulfonamides is 1. The highest BCUT2D eigenvalue weighted by atomic mass is 35.5. The predicted molar refractivity (Wildman–Crippen MR) is 97.8 cm³/mol. The monoisotopic (exact) mass is 401 g/mol. The maximum Gasteiger partial charge on any atom is 0.272 e. The van der Waals surface area contributed by atoms with Gasteiger partial charge in [-0.25, -0.2) is 13.4 Å². The molecule has 0 amide bonds. The third kappa shape index (κ3) is 3.58. The van der Waals surface area contributed by atoms with Crippen molar-refractivity contribution in [3.63, 3.8) is 0 Å². The molecule has 26 heavy (non-hydrogen) atoms. The van der Waals surface area contributed by atoms with E-state index in [2.05, 4.69) is 10.3 Å². The molecule has 0 bridgehead atoms. The number of piperazine rings is 1. The molecule has 0 radical (unpaired) electrons. The summed E-state index contributed by atoms with van der Waals surface area (Å²) in [5, 5.41) is 14.1. The average Bonchev–Trinajstić information content (AvgIpc) is 3.00. The van der Waals surface area contributed by atoms with Crippen LogP contribution in [0, 0.1) is 17.0 Å². The van der Waals surface area contributed by atoms with Crippen LogP contribution in [0.4, 0.5) is 5.69 Å². The Hall–Kier alpha value is -2.01. The summed E-state index contributed by atoms with van der Waals surface area (Å²) >= 11 is 0. The lowest BCUT2D eigenvalue weighted by atomic mass is 10.2. The van der Waals surface area contributed by atoms with Crippen molar-refractivity contribution in [3.05, 3.63) is 52.1 Å². The Balaban J connectivity index is 0.00000243. The molecule has 9 nitrogen and oxygen atoms in total. The van der Waals surface area contributed by atoms with Crippen molar-refractivity contribution in [2.45, 2.75) is 17.9 Å². The van der Waals surface area contributed by atoms with Gasteiger partial charge in [0.1, 0.15) is 5.82 Å². The molecule has 3 rings (SSSR count). The quantitative estimate of drug-likeness (QED) is 0.612. The normalized spacial score (nSPS) is 18.3. The van der Waals surface area contributed by atoms with Crippen molar-refractivity contribution in [3.8, 4) is 0 Å². The number of benzene rings is 1. The number of aryl methyl sites for hydroxylation is 2. The van der Waals surface area contributed by atoms with Crippen molar-refractivity contribution in [2.75, 3.05) is 19.6 Å². The maximum atomic E-state index is 13.1. The Morgan fingerprint density at radius 2 is 2.12 bits per heavy atom. The van der Waals surface area contributed by atoms with Gasteiger partial charge in [0, 0.05) is 50.7 Å². The van der Waals surface area contributed by atoms with Crippen LogP contribution in [0.15, 0.2) is 35.5 Å². The summed E-state index contributed by atoms with van der Waals surface area (Å²) in [4.78, 5) is 14.8. The predicted octanol–water partition coefficient (Wildman–Crippen LogP) is 1.39. The van der Waals surface area contributed by atoms with Crippen LogP contribution in [0.3, 0.4) is 0 Å². The number of nitrogens with zero attached hydrogens (tertiary/aromatic N) is 4. The summed E-state index contributed by atoms with van der Waals surface area (Å²) in [6.45, 7) is 2.82. The van der Waals surface area contributed by atoms with E-state index < -0.39 is 21.0 Å². The zero-order chi connectivity index (χ0) is 18.2. The van der Waals surface area contributed by atoms with E-state index in [0.717, 1.165) is 0 Å². The van der Waals surface area contributed by atoms with Gasteiger partial charge < -0.3 is 9.88 Å². The molecule has 1 aliphatic rings. The summed E-state index contributed by atoms with van der Waals surface area (Å²) in [6.07, 6.45) is 3.40. The molecule has 0 aliphatic carbocycles. The first-order valence-electron chi connectivity index (χ1n) is 7.77. The average molecular weight is 402 g/mol. The van der Waals surface area contributed by atoms with Gasteiger partial charge in [-0.05, 0) is 19.1 Å². The van der Waals surface area contributed by atoms with Gasteiger partial charge in [-0.3, -0.25) is 10.1 Å². The Morgan fingerprint density at radius 1 is 1.38 bits per heavy atom. The van der Waals surface area contributed by atoms with Crippen LogP contribution in [-0.2, 0) is 17.1 Å². The fourth-order valence-electron chi connectivity index (χ4n) is 3.02. The van der Waals surface area contributed by atoms with Gasteiger partial charge in [0.15, 0.2) is 0 Å². The molecule has 142 valence electrons. The van der Waals surface area contributed by atoms with E-state index in [4.69, 9.17) is 0 Å². The second-order valence-corrected chi connectivity index (χ2v) is 7.83. The van der Waals surface area contributed by atoms with E-state index in [0.29, 0.717) is 31.0 Å². The second kappa shape index (κ2) is 7.70. The summed E-state index contributed by atoms with van der Waals surface area (Å²) in [7, 11) is -1.98. The number of nitrogens with one attached hydrogen (secondary N) is 1. The first kappa shape index (κ1) is 20.3. The zero-order valence-corrected chi connectivity index (χ0v) is 16.0. The number of aromatic nitrogens is 2. The molecule has 1 aromatic heterocycles. The Kier molecular flexibility index (Phi) is 6.02. The molecule has 11 heteroatoms. The number of rotatable bonds is 4. The van der Waals surface area contributed by atoms with Crippen molar-refractivity contribution in [2.24, 2.45) is 7.05 Å². The highest BCUT2D eigenvalue weighted by Gasteiger charge is 2.36. The molecule has 1 aliphatic heterocycles. The van der Waals surface area contributed by atoms with Crippen LogP contribution in [-0.4, -0.2) is 46.8 Å². The van der Waals surface area contributed by atoms with Gasteiger partial charge in [0.25, 0.3) is 5.69 Å². The van der Waals surface area contributed by atoms with Crippen LogP contribution >= 0.6 is 12.4 Å². The minimum atomic E-state index is -3.80. The van der Waals surface area contributed by atoms with E-state index in [-0.39, 0.29) is 23.0 Å². The summed E-state index contributed by atoms with van der Waals surface area (Å²) in [6, 6.07) is 3.44. The van der Waals surface area contributed by atoms with E-state index in [1.807, 2.05) is 7.05 Å². The topological polar surface area (TPSA) is 110 Å². The lowest BCUT2D eigenvalue weighted by molar-refractivity contribution is -0.385. The van der Waals surface area contributed by atoms with Crippen molar-refractivity contribution >= 4 is 28.1 Å². The number of imidazole rings is 1. The maximum absolute atomic E-state index is 13.1. The molecule has 0 saturated carbocycles. The third-order valence-electron chi connectivity index (χ3n) is 4.32. The summed E-state index contributed by atoms with van der Waals surface area (Å²) in [5.74, 6) is 0.648. The van der Waals surface area contributed by atoms with Crippen LogP contribution in [0.5, 0.6) is 0 Å². The highest BCUT2D eigenvalue weighted by Crippen LogP contribution is 2.30. The highest BCUT2D eigenvalue weighted by molar-refractivity contribution is 7.89. The molecule has 2 heterocycles. The molecule has 1 atom stereocenters. The number of nitro groups is 1. The van der Waals surface area contributed by atoms with Crippen LogP contribution < -0.4 is 5.32 Å². The lowest BCUT2D eigenvalue weighted by Gasteiger charge is -2.34. The van der Waals surface area contributed by atoms with Crippen LogP contribution in [0.25, 0.3) is 0 Å². The van der Waals surface area contributed by atoms with E-state index in [1.54, 1.807) is 17.0 Å². The van der Waals surface area contributed by atoms with E-state index in [1.165, 1.54) is 29.4 Å². The van der Waals surface area contributed by atoms with E-state index in [9.17, 15) is 18.5 Å². The van der Waals surface area contributed by atoms with Gasteiger partial charge in [-0.15, -0.1) is 12.4 Å². The van der Waals surface area contributed by atoms with Crippen molar-refractivity contribution in [1.29, 1.82) is 0 Å². The first-order valence-corrected chi connectivity index (χ1v) is 9.21. The largest absolute Gasteiger partial charge is 0.337 e. The van der Waals surface area contributed by atoms with Gasteiger partial charge in [-0.1, -0.05) is 0 Å². The first-order chi connectivity index (χ1) is 11.8. The molecule has 0 spiro atoms. The standard InChI is InChI=1S/C15H19N5O4S.ClH/c1-11-9-12(3-4-13(11)20(21)22)25(23,24)19-8-5-16-10-14(19)15-17-6-7-18(15)2;/h3-4,6-7,9,14,16H,5,8,10H2,1-2H3;1H. The smallest absolute Gasteiger partial charge is 0.272 e.